The van der Waals surface area contributed by atoms with E-state index in [1.165, 1.54) is 6.26 Å². The van der Waals surface area contributed by atoms with Crippen molar-refractivity contribution in [3.63, 3.8) is 0 Å². The Kier molecular flexibility index (Phi) is 4.37. The number of hydrogen-bond acceptors (Lipinski definition) is 6. The minimum atomic E-state index is -0.237. The van der Waals surface area contributed by atoms with Crippen LogP contribution in [0.25, 0.3) is 0 Å². The van der Waals surface area contributed by atoms with E-state index in [-0.39, 0.29) is 18.3 Å². The van der Waals surface area contributed by atoms with Gasteiger partial charge in [0.15, 0.2) is 11.6 Å². The molecule has 4 rings (SSSR count). The van der Waals surface area contributed by atoms with Crippen LogP contribution < -0.4 is 9.75 Å². The molecule has 0 atom stereocenters. The van der Waals surface area contributed by atoms with Crippen LogP contribution in [0.3, 0.4) is 0 Å². The van der Waals surface area contributed by atoms with Gasteiger partial charge >= 0.3 is 5.91 Å². The van der Waals surface area contributed by atoms with Gasteiger partial charge in [-0.3, -0.25) is 4.79 Å². The van der Waals surface area contributed by atoms with Gasteiger partial charge in [0.05, 0.1) is 12.8 Å². The number of halogens is 1. The zero-order valence-corrected chi connectivity index (χ0v) is 14.5. The minimum Gasteiger partial charge on any atom is -0.486 e. The van der Waals surface area contributed by atoms with Gasteiger partial charge in [-0.05, 0) is 36.4 Å². The number of fused-ring (bicyclic) bond motifs is 1. The minimum absolute atomic E-state index is 0.178. The second-order valence-corrected chi connectivity index (χ2v) is 6.71. The first kappa shape index (κ1) is 16.0. The van der Waals surface area contributed by atoms with Gasteiger partial charge in [0.1, 0.15) is 12.4 Å². The number of thioether (sulfide) groups is 1. The maximum Gasteiger partial charge on any atom is 0.308 e. The molecule has 1 aromatic carbocycles. The molecular weight excluding hydrogens is 364 g/mol. The van der Waals surface area contributed by atoms with Crippen molar-refractivity contribution in [3.05, 3.63) is 59.3 Å². The fourth-order valence-corrected chi connectivity index (χ4v) is 3.44. The summed E-state index contributed by atoms with van der Waals surface area (Å²) in [5.74, 6) is 1.98. The van der Waals surface area contributed by atoms with Crippen molar-refractivity contribution in [2.24, 2.45) is 0 Å². The molecule has 128 valence electrons. The largest absolute Gasteiger partial charge is 0.486 e. The van der Waals surface area contributed by atoms with E-state index >= 15 is 0 Å². The number of ether oxygens (including phenoxy) is 1. The Morgan fingerprint density at radius 2 is 2.12 bits per heavy atom. The fourth-order valence-electron chi connectivity index (χ4n) is 2.44. The second-order valence-electron chi connectivity index (χ2n) is 5.21. The van der Waals surface area contributed by atoms with Crippen molar-refractivity contribution in [2.75, 3.05) is 17.3 Å². The molecule has 1 amide bonds. The number of aromatic nitrogens is 3. The quantitative estimate of drug-likeness (QED) is 0.697. The number of nitrogens with zero attached hydrogens (tertiary/aromatic N) is 4. The molecule has 2 aromatic heterocycles. The molecule has 0 radical (unpaired) electrons. The normalized spacial score (nSPS) is 13.6. The molecule has 0 fully saturated rings. The van der Waals surface area contributed by atoms with Crippen molar-refractivity contribution in [3.8, 4) is 5.75 Å². The molecular formula is C16H13ClN4O3S. The lowest BCUT2D eigenvalue weighted by Crippen LogP contribution is -2.45. The summed E-state index contributed by atoms with van der Waals surface area (Å²) in [6.07, 6.45) is 1.48. The van der Waals surface area contributed by atoms with E-state index in [0.717, 1.165) is 5.75 Å². The molecule has 0 bridgehead atoms. The first-order valence-corrected chi connectivity index (χ1v) is 8.90. The van der Waals surface area contributed by atoms with Crippen LogP contribution in [0.1, 0.15) is 16.4 Å². The maximum atomic E-state index is 12.7. The van der Waals surface area contributed by atoms with Crippen molar-refractivity contribution in [1.82, 2.24) is 14.9 Å². The molecule has 0 saturated heterocycles. The Hall–Kier alpha value is -2.45. The zero-order valence-electron chi connectivity index (χ0n) is 13.0. The smallest absolute Gasteiger partial charge is 0.308 e. The summed E-state index contributed by atoms with van der Waals surface area (Å²) in [7, 11) is 0. The first-order valence-electron chi connectivity index (χ1n) is 7.53. The van der Waals surface area contributed by atoms with E-state index in [9.17, 15) is 4.79 Å². The molecule has 0 saturated carbocycles. The summed E-state index contributed by atoms with van der Waals surface area (Å²) in [5.41, 5.74) is 0. The van der Waals surface area contributed by atoms with Crippen LogP contribution in [-0.2, 0) is 6.61 Å². The van der Waals surface area contributed by atoms with Gasteiger partial charge in [-0.25, -0.2) is 9.69 Å². The molecule has 3 aromatic rings. The predicted octanol–water partition coefficient (Wildman–Crippen LogP) is 2.99. The third kappa shape index (κ3) is 3.22. The van der Waals surface area contributed by atoms with E-state index in [4.69, 9.17) is 20.8 Å². The molecule has 0 N–H and O–H groups in total. The van der Waals surface area contributed by atoms with E-state index in [0.29, 0.717) is 28.3 Å². The lowest BCUT2D eigenvalue weighted by molar-refractivity contribution is 0.0925. The topological polar surface area (TPSA) is 73.4 Å². The van der Waals surface area contributed by atoms with Gasteiger partial charge in [-0.1, -0.05) is 23.4 Å². The van der Waals surface area contributed by atoms with Crippen LogP contribution in [0.15, 0.2) is 52.2 Å². The highest BCUT2D eigenvalue weighted by molar-refractivity contribution is 7.99. The third-order valence-corrected chi connectivity index (χ3v) is 4.75. The van der Waals surface area contributed by atoms with E-state index < -0.39 is 0 Å². The molecule has 1 aliphatic rings. The van der Waals surface area contributed by atoms with Crippen LogP contribution >= 0.6 is 23.4 Å². The Morgan fingerprint density at radius 3 is 2.88 bits per heavy atom. The van der Waals surface area contributed by atoms with Crippen molar-refractivity contribution >= 4 is 29.3 Å². The average Bonchev–Trinajstić information content (AvgIpc) is 3.30. The van der Waals surface area contributed by atoms with Crippen LogP contribution in [-0.4, -0.2) is 33.1 Å². The summed E-state index contributed by atoms with van der Waals surface area (Å²) in [6, 6.07) is 10.4. The highest BCUT2D eigenvalue weighted by atomic mass is 35.5. The number of rotatable bonds is 4. The molecule has 0 spiro atoms. The van der Waals surface area contributed by atoms with Gasteiger partial charge in [0, 0.05) is 10.8 Å². The third-order valence-electron chi connectivity index (χ3n) is 3.60. The summed E-state index contributed by atoms with van der Waals surface area (Å²) >= 11 is 7.41. The average molecular weight is 377 g/mol. The van der Waals surface area contributed by atoms with Gasteiger partial charge in [0.25, 0.3) is 0 Å². The van der Waals surface area contributed by atoms with Crippen LogP contribution in [0.2, 0.25) is 5.02 Å². The van der Waals surface area contributed by atoms with Crippen LogP contribution in [0.5, 0.6) is 5.75 Å². The predicted molar refractivity (Wildman–Crippen MR) is 92.7 cm³/mol. The summed E-state index contributed by atoms with van der Waals surface area (Å²) in [6.45, 7) is 0.709. The number of furan rings is 1. The molecule has 9 heteroatoms. The number of benzene rings is 1. The lowest BCUT2D eigenvalue weighted by atomic mass is 10.3. The molecule has 1 aliphatic heterocycles. The molecule has 0 unspecified atom stereocenters. The van der Waals surface area contributed by atoms with E-state index in [2.05, 4.69) is 10.2 Å². The zero-order chi connectivity index (χ0) is 17.2. The Balaban J connectivity index is 1.57. The number of hydrogen-bond donors (Lipinski definition) is 0. The number of amides is 1. The Morgan fingerprint density at radius 1 is 1.28 bits per heavy atom. The molecule has 7 nitrogen and oxygen atoms in total. The highest BCUT2D eigenvalue weighted by Crippen LogP contribution is 2.24. The Bertz CT molecular complexity index is 879. The van der Waals surface area contributed by atoms with E-state index in [1.807, 2.05) is 0 Å². The summed E-state index contributed by atoms with van der Waals surface area (Å²) < 4.78 is 12.7. The van der Waals surface area contributed by atoms with Gasteiger partial charge in [0.2, 0.25) is 5.16 Å². The monoisotopic (exact) mass is 376 g/mol. The number of carbonyl (C=O) groups excluding carboxylic acids is 1. The van der Waals surface area contributed by atoms with Crippen molar-refractivity contribution in [1.29, 1.82) is 0 Å². The lowest BCUT2D eigenvalue weighted by Gasteiger charge is -2.28. The fraction of sp³-hybridized carbons (Fsp3) is 0.188. The van der Waals surface area contributed by atoms with Crippen molar-refractivity contribution < 1.29 is 13.9 Å². The first-order chi connectivity index (χ1) is 12.2. The Labute approximate surface area is 152 Å². The molecule has 0 aliphatic carbocycles. The van der Waals surface area contributed by atoms with E-state index in [1.54, 1.807) is 57.8 Å². The second kappa shape index (κ2) is 6.81. The number of carbonyl (C=O) groups is 1. The molecule has 3 heterocycles. The van der Waals surface area contributed by atoms with Gasteiger partial charge in [-0.2, -0.15) is 0 Å². The standard InChI is InChI=1S/C16H13ClN4O3S/c17-11-3-5-12(6-4-11)24-10-14-18-19-16-21(14)20(7-9-25-16)15(22)13-2-1-8-23-13/h1-6,8H,7,9-10H2. The van der Waals surface area contributed by atoms with Crippen LogP contribution in [0.4, 0.5) is 0 Å². The van der Waals surface area contributed by atoms with Gasteiger partial charge < -0.3 is 9.15 Å². The maximum absolute atomic E-state index is 12.7. The van der Waals surface area contributed by atoms with Gasteiger partial charge in [-0.15, -0.1) is 10.2 Å². The SMILES string of the molecule is O=C(c1ccco1)N1CCSc2nnc(COc3ccc(Cl)cc3)n21. The highest BCUT2D eigenvalue weighted by Gasteiger charge is 2.29. The van der Waals surface area contributed by atoms with Crippen molar-refractivity contribution in [2.45, 2.75) is 11.8 Å². The van der Waals surface area contributed by atoms with Crippen LogP contribution in [0, 0.1) is 0 Å². The summed E-state index contributed by atoms with van der Waals surface area (Å²) in [5, 5.41) is 11.2. The molecule has 25 heavy (non-hydrogen) atoms. The summed E-state index contributed by atoms with van der Waals surface area (Å²) in [4.78, 5) is 12.7.